The summed E-state index contributed by atoms with van der Waals surface area (Å²) in [6.45, 7) is 4.17. The first-order valence-corrected chi connectivity index (χ1v) is 6.46. The molecule has 0 aliphatic heterocycles. The van der Waals surface area contributed by atoms with Crippen molar-refractivity contribution >= 4 is 14.9 Å². The molecule has 0 aromatic carbocycles. The largest absolute Gasteiger partial charge is 0.453 e. The van der Waals surface area contributed by atoms with E-state index in [1.54, 1.807) is 7.11 Å². The van der Waals surface area contributed by atoms with Crippen molar-refractivity contribution < 1.29 is 14.3 Å². The molecule has 11 heavy (non-hydrogen) atoms. The van der Waals surface area contributed by atoms with Crippen LogP contribution < -0.4 is 5.32 Å². The summed E-state index contributed by atoms with van der Waals surface area (Å²) in [5, 5.41) is 2.59. The number of amides is 1. The monoisotopic (exact) mass is 177 g/mol. The molecular formula is C6H15NO3Si. The van der Waals surface area contributed by atoms with Crippen LogP contribution in [0.25, 0.3) is 0 Å². The lowest BCUT2D eigenvalue weighted by Crippen LogP contribution is -2.44. The topological polar surface area (TPSA) is 47.6 Å². The maximum Gasteiger partial charge on any atom is 0.408 e. The number of nitrogens with one attached hydrogen (secondary N) is 1. The summed E-state index contributed by atoms with van der Waals surface area (Å²) in [6.07, 6.45) is -0.432. The molecule has 0 saturated heterocycles. The molecule has 0 rings (SSSR count). The van der Waals surface area contributed by atoms with Gasteiger partial charge in [-0.3, -0.25) is 5.32 Å². The lowest BCUT2D eigenvalue weighted by molar-refractivity contribution is 0.112. The molecule has 0 bridgehead atoms. The summed E-state index contributed by atoms with van der Waals surface area (Å²) in [5.74, 6) is -0.137. The minimum absolute atomic E-state index is 0.137. The smallest absolute Gasteiger partial charge is 0.408 e. The van der Waals surface area contributed by atoms with E-state index in [-0.39, 0.29) is 5.85 Å². The highest BCUT2D eigenvalue weighted by Crippen LogP contribution is 1.92. The predicted octanol–water partition coefficient (Wildman–Crippen LogP) is 0.341. The third-order valence-corrected chi connectivity index (χ3v) is 2.95. The maximum absolute atomic E-state index is 10.7. The zero-order valence-corrected chi connectivity index (χ0v) is 8.53. The number of hydrogen-bond donors (Lipinski definition) is 1. The van der Waals surface area contributed by atoms with Crippen LogP contribution in [0.3, 0.4) is 0 Å². The van der Waals surface area contributed by atoms with E-state index in [4.69, 9.17) is 4.74 Å². The number of hydrogen-bond acceptors (Lipinski definition) is 3. The van der Waals surface area contributed by atoms with Gasteiger partial charge in [-0.25, -0.2) is 4.79 Å². The fraction of sp³-hybridized carbons (Fsp3) is 0.833. The van der Waals surface area contributed by atoms with Crippen LogP contribution in [0.4, 0.5) is 4.79 Å². The standard InChI is InChI=1S/C6H15NO3Si/c1-9-5(8)7-6(10-2)11(3)4/h6,11H,1-4H3,(H,7,8). The van der Waals surface area contributed by atoms with E-state index in [9.17, 15) is 4.79 Å². The fourth-order valence-electron chi connectivity index (χ4n) is 0.673. The van der Waals surface area contributed by atoms with Crippen molar-refractivity contribution in [1.29, 1.82) is 0 Å². The SMILES string of the molecule is COC(=O)NC(OC)[SiH](C)C. The molecule has 1 unspecified atom stereocenters. The van der Waals surface area contributed by atoms with E-state index in [1.165, 1.54) is 7.11 Å². The summed E-state index contributed by atoms with van der Waals surface area (Å²) in [6, 6.07) is 0. The Hall–Kier alpha value is -0.553. The van der Waals surface area contributed by atoms with Gasteiger partial charge in [0.05, 0.1) is 15.9 Å². The quantitative estimate of drug-likeness (QED) is 0.499. The Morgan fingerprint density at radius 3 is 2.27 bits per heavy atom. The molecule has 0 aliphatic rings. The highest BCUT2D eigenvalue weighted by atomic mass is 28.3. The number of ether oxygens (including phenoxy) is 2. The van der Waals surface area contributed by atoms with Crippen LogP contribution in [0, 0.1) is 0 Å². The summed E-state index contributed by atoms with van der Waals surface area (Å²) in [7, 11) is 1.92. The zero-order chi connectivity index (χ0) is 8.85. The Morgan fingerprint density at radius 1 is 1.45 bits per heavy atom. The van der Waals surface area contributed by atoms with Crippen LogP contribution in [-0.4, -0.2) is 35.0 Å². The molecule has 5 heteroatoms. The second-order valence-electron chi connectivity index (χ2n) is 2.54. The number of alkyl carbamates (subject to hydrolysis) is 1. The van der Waals surface area contributed by atoms with Crippen molar-refractivity contribution in [3.8, 4) is 0 Å². The van der Waals surface area contributed by atoms with Gasteiger partial charge in [0, 0.05) is 7.11 Å². The van der Waals surface area contributed by atoms with Gasteiger partial charge >= 0.3 is 6.09 Å². The molecule has 1 amide bonds. The van der Waals surface area contributed by atoms with Crippen molar-refractivity contribution in [3.05, 3.63) is 0 Å². The second-order valence-corrected chi connectivity index (χ2v) is 5.63. The van der Waals surface area contributed by atoms with Crippen LogP contribution in [0.5, 0.6) is 0 Å². The molecule has 0 spiro atoms. The van der Waals surface area contributed by atoms with Gasteiger partial charge < -0.3 is 9.47 Å². The van der Waals surface area contributed by atoms with Crippen LogP contribution in [0.2, 0.25) is 13.1 Å². The van der Waals surface area contributed by atoms with Gasteiger partial charge in [-0.1, -0.05) is 13.1 Å². The molecule has 0 aliphatic carbocycles. The summed E-state index contributed by atoms with van der Waals surface area (Å²) in [5.41, 5.74) is 0. The number of carbonyl (C=O) groups excluding carboxylic acids is 1. The van der Waals surface area contributed by atoms with Crippen molar-refractivity contribution in [2.24, 2.45) is 0 Å². The van der Waals surface area contributed by atoms with E-state index in [2.05, 4.69) is 23.1 Å². The number of rotatable bonds is 3. The molecular weight excluding hydrogens is 162 g/mol. The summed E-state index contributed by atoms with van der Waals surface area (Å²) in [4.78, 5) is 10.7. The Bertz CT molecular complexity index is 129. The average Bonchev–Trinajstić information content (AvgIpc) is 1.99. The molecule has 4 nitrogen and oxygen atoms in total. The van der Waals surface area contributed by atoms with Gasteiger partial charge in [-0.05, 0) is 0 Å². The van der Waals surface area contributed by atoms with Crippen molar-refractivity contribution in [1.82, 2.24) is 5.32 Å². The lowest BCUT2D eigenvalue weighted by atomic mass is 11.0. The van der Waals surface area contributed by atoms with Gasteiger partial charge in [0.2, 0.25) is 0 Å². The minimum atomic E-state index is -0.990. The normalized spacial score (nSPS) is 12.8. The van der Waals surface area contributed by atoms with Gasteiger partial charge in [-0.15, -0.1) is 0 Å². The van der Waals surface area contributed by atoms with Gasteiger partial charge in [0.25, 0.3) is 0 Å². The molecule has 66 valence electrons. The Balaban J connectivity index is 3.78. The molecule has 0 aromatic heterocycles. The second kappa shape index (κ2) is 5.14. The first-order valence-electron chi connectivity index (χ1n) is 3.49. The number of carbonyl (C=O) groups is 1. The van der Waals surface area contributed by atoms with E-state index in [0.29, 0.717) is 0 Å². The van der Waals surface area contributed by atoms with Crippen molar-refractivity contribution in [2.45, 2.75) is 18.9 Å². The van der Waals surface area contributed by atoms with Crippen LogP contribution in [0.1, 0.15) is 0 Å². The van der Waals surface area contributed by atoms with Crippen LogP contribution in [-0.2, 0) is 9.47 Å². The fourth-order valence-corrected chi connectivity index (χ4v) is 1.69. The van der Waals surface area contributed by atoms with Crippen LogP contribution in [0.15, 0.2) is 0 Å². The molecule has 0 fully saturated rings. The lowest BCUT2D eigenvalue weighted by Gasteiger charge is -2.18. The van der Waals surface area contributed by atoms with E-state index < -0.39 is 14.9 Å². The minimum Gasteiger partial charge on any atom is -0.453 e. The van der Waals surface area contributed by atoms with Crippen molar-refractivity contribution in [2.75, 3.05) is 14.2 Å². The predicted molar refractivity (Wildman–Crippen MR) is 45.2 cm³/mol. The third-order valence-electron chi connectivity index (χ3n) is 1.30. The Labute approximate surface area is 68.5 Å². The molecule has 0 aromatic rings. The molecule has 1 atom stereocenters. The zero-order valence-electron chi connectivity index (χ0n) is 7.38. The molecule has 1 N–H and O–H groups in total. The average molecular weight is 177 g/mol. The maximum atomic E-state index is 10.7. The van der Waals surface area contributed by atoms with Crippen molar-refractivity contribution in [3.63, 3.8) is 0 Å². The van der Waals surface area contributed by atoms with Gasteiger partial charge in [0.1, 0.15) is 5.85 Å². The molecule has 0 radical (unpaired) electrons. The summed E-state index contributed by atoms with van der Waals surface area (Å²) < 4.78 is 9.46. The molecule has 0 heterocycles. The third kappa shape index (κ3) is 4.00. The summed E-state index contributed by atoms with van der Waals surface area (Å²) >= 11 is 0. The highest BCUT2D eigenvalue weighted by molar-refractivity contribution is 6.57. The van der Waals surface area contributed by atoms with Crippen LogP contribution >= 0.6 is 0 Å². The van der Waals surface area contributed by atoms with E-state index in [0.717, 1.165) is 0 Å². The highest BCUT2D eigenvalue weighted by Gasteiger charge is 2.15. The van der Waals surface area contributed by atoms with E-state index >= 15 is 0 Å². The molecule has 0 saturated carbocycles. The Kier molecular flexibility index (Phi) is 4.89. The van der Waals surface area contributed by atoms with Gasteiger partial charge in [-0.2, -0.15) is 0 Å². The van der Waals surface area contributed by atoms with E-state index in [1.807, 2.05) is 0 Å². The first-order chi connectivity index (χ1) is 5.11. The van der Waals surface area contributed by atoms with Gasteiger partial charge in [0.15, 0.2) is 0 Å². The Morgan fingerprint density at radius 2 is 2.00 bits per heavy atom. The first kappa shape index (κ1) is 10.4. The number of methoxy groups -OCH3 is 2.